The highest BCUT2D eigenvalue weighted by Gasteiger charge is 2.30. The molecule has 0 aromatic rings. The fourth-order valence-electron chi connectivity index (χ4n) is 2.96. The maximum Gasteiger partial charge on any atom is 0.306 e. The molecule has 0 aromatic carbocycles. The molecule has 1 fully saturated rings. The summed E-state index contributed by atoms with van der Waals surface area (Å²) < 4.78 is 5.65. The average Bonchev–Trinajstić information content (AvgIpc) is 2.46. The van der Waals surface area contributed by atoms with E-state index in [1.165, 1.54) is 0 Å². The van der Waals surface area contributed by atoms with Crippen LogP contribution in [0.3, 0.4) is 0 Å². The van der Waals surface area contributed by atoms with Crippen molar-refractivity contribution < 1.29 is 19.4 Å². The van der Waals surface area contributed by atoms with Crippen LogP contribution in [-0.2, 0) is 14.3 Å². The van der Waals surface area contributed by atoms with Crippen LogP contribution in [0.25, 0.3) is 0 Å². The molecule has 0 aromatic heterocycles. The summed E-state index contributed by atoms with van der Waals surface area (Å²) in [6.45, 7) is 7.47. The lowest BCUT2D eigenvalue weighted by molar-refractivity contribution is -0.144. The third-order valence-electron chi connectivity index (χ3n) is 4.25. The minimum Gasteiger partial charge on any atom is -0.481 e. The number of amides is 1. The number of hydrogen-bond acceptors (Lipinski definition) is 3. The molecule has 3 atom stereocenters. The molecule has 1 aliphatic rings. The molecule has 0 spiro atoms. The lowest BCUT2D eigenvalue weighted by Crippen LogP contribution is -2.37. The molecule has 1 amide bonds. The predicted molar refractivity (Wildman–Crippen MR) is 81.0 cm³/mol. The van der Waals surface area contributed by atoms with E-state index < -0.39 is 5.97 Å². The van der Waals surface area contributed by atoms with E-state index in [-0.39, 0.29) is 23.8 Å². The smallest absolute Gasteiger partial charge is 0.306 e. The Balaban J connectivity index is 2.34. The molecule has 1 rings (SSSR count). The van der Waals surface area contributed by atoms with Crippen molar-refractivity contribution in [2.24, 2.45) is 17.8 Å². The average molecular weight is 299 g/mol. The number of nitrogens with one attached hydrogen (secondary N) is 1. The number of ether oxygens (including phenoxy) is 1. The van der Waals surface area contributed by atoms with Crippen molar-refractivity contribution in [2.45, 2.75) is 59.0 Å². The number of carbonyl (C=O) groups excluding carboxylic acids is 1. The predicted octanol–water partition coefficient (Wildman–Crippen LogP) is 2.44. The Hall–Kier alpha value is -1.10. The lowest BCUT2D eigenvalue weighted by Gasteiger charge is -2.26. The van der Waals surface area contributed by atoms with Gasteiger partial charge >= 0.3 is 5.97 Å². The van der Waals surface area contributed by atoms with E-state index in [1.54, 1.807) is 0 Å². The van der Waals surface area contributed by atoms with Crippen molar-refractivity contribution in [3.63, 3.8) is 0 Å². The van der Waals surface area contributed by atoms with E-state index in [4.69, 9.17) is 9.84 Å². The normalized spacial score (nSPS) is 23.8. The zero-order valence-corrected chi connectivity index (χ0v) is 13.4. The molecule has 5 nitrogen and oxygen atoms in total. The second-order valence-electron chi connectivity index (χ2n) is 6.22. The van der Waals surface area contributed by atoms with Gasteiger partial charge in [0.15, 0.2) is 0 Å². The molecule has 122 valence electrons. The monoisotopic (exact) mass is 299 g/mol. The zero-order chi connectivity index (χ0) is 15.8. The minimum atomic E-state index is -0.774. The SMILES string of the molecule is CCOC(CCNC(=O)C1CCCC(C(=O)O)C1)C(C)C. The van der Waals surface area contributed by atoms with Crippen LogP contribution in [0.5, 0.6) is 0 Å². The van der Waals surface area contributed by atoms with Crippen LogP contribution in [0.4, 0.5) is 0 Å². The summed E-state index contributed by atoms with van der Waals surface area (Å²) in [6.07, 6.45) is 3.75. The largest absolute Gasteiger partial charge is 0.481 e. The Morgan fingerprint density at radius 1 is 1.29 bits per heavy atom. The molecular formula is C16H29NO4. The summed E-state index contributed by atoms with van der Waals surface area (Å²) >= 11 is 0. The first-order valence-corrected chi connectivity index (χ1v) is 8.07. The lowest BCUT2D eigenvalue weighted by atomic mass is 9.81. The molecule has 0 saturated heterocycles. The molecule has 5 heteroatoms. The maximum atomic E-state index is 12.1. The van der Waals surface area contributed by atoms with Crippen LogP contribution >= 0.6 is 0 Å². The highest BCUT2D eigenvalue weighted by molar-refractivity contribution is 5.80. The number of carboxylic acid groups (broad SMARTS) is 1. The van der Waals surface area contributed by atoms with Crippen LogP contribution in [0, 0.1) is 17.8 Å². The van der Waals surface area contributed by atoms with Crippen LogP contribution in [-0.4, -0.2) is 36.2 Å². The van der Waals surface area contributed by atoms with Crippen LogP contribution in [0.2, 0.25) is 0 Å². The van der Waals surface area contributed by atoms with Crippen LogP contribution < -0.4 is 5.32 Å². The molecule has 0 heterocycles. The molecule has 1 aliphatic carbocycles. The van der Waals surface area contributed by atoms with Gasteiger partial charge < -0.3 is 15.2 Å². The van der Waals surface area contributed by atoms with Crippen molar-refractivity contribution in [1.29, 1.82) is 0 Å². The van der Waals surface area contributed by atoms with Crippen LogP contribution in [0.1, 0.15) is 52.9 Å². The number of rotatable bonds is 8. The fourth-order valence-corrected chi connectivity index (χ4v) is 2.96. The van der Waals surface area contributed by atoms with Crippen molar-refractivity contribution in [1.82, 2.24) is 5.32 Å². The summed E-state index contributed by atoms with van der Waals surface area (Å²) in [7, 11) is 0. The van der Waals surface area contributed by atoms with Gasteiger partial charge in [-0.2, -0.15) is 0 Å². The Morgan fingerprint density at radius 2 is 1.95 bits per heavy atom. The van der Waals surface area contributed by atoms with E-state index in [9.17, 15) is 9.59 Å². The van der Waals surface area contributed by atoms with Gasteiger partial charge in [-0.25, -0.2) is 0 Å². The van der Waals surface area contributed by atoms with Gasteiger partial charge in [-0.15, -0.1) is 0 Å². The number of hydrogen-bond donors (Lipinski definition) is 2. The van der Waals surface area contributed by atoms with E-state index in [2.05, 4.69) is 19.2 Å². The molecule has 2 N–H and O–H groups in total. The van der Waals surface area contributed by atoms with Gasteiger partial charge in [0.25, 0.3) is 0 Å². The number of carboxylic acids is 1. The van der Waals surface area contributed by atoms with Gasteiger partial charge in [0.05, 0.1) is 12.0 Å². The molecule has 0 aliphatic heterocycles. The topological polar surface area (TPSA) is 75.6 Å². The first kappa shape index (κ1) is 18.0. The minimum absolute atomic E-state index is 0.0000420. The number of aliphatic carboxylic acids is 1. The van der Waals surface area contributed by atoms with Crippen LogP contribution in [0.15, 0.2) is 0 Å². The van der Waals surface area contributed by atoms with E-state index in [0.29, 0.717) is 31.9 Å². The maximum absolute atomic E-state index is 12.1. The van der Waals surface area contributed by atoms with Gasteiger partial charge in [-0.05, 0) is 38.5 Å². The Labute approximate surface area is 127 Å². The summed E-state index contributed by atoms with van der Waals surface area (Å²) in [5, 5.41) is 12.0. The quantitative estimate of drug-likeness (QED) is 0.722. The summed E-state index contributed by atoms with van der Waals surface area (Å²) in [5.74, 6) is -0.859. The second-order valence-corrected chi connectivity index (χ2v) is 6.22. The molecule has 3 unspecified atom stereocenters. The van der Waals surface area contributed by atoms with E-state index in [1.807, 2.05) is 6.92 Å². The Morgan fingerprint density at radius 3 is 2.52 bits per heavy atom. The van der Waals surface area contributed by atoms with E-state index in [0.717, 1.165) is 19.3 Å². The first-order valence-electron chi connectivity index (χ1n) is 8.07. The third-order valence-corrected chi connectivity index (χ3v) is 4.25. The van der Waals surface area contributed by atoms with Crippen molar-refractivity contribution in [3.8, 4) is 0 Å². The first-order chi connectivity index (χ1) is 9.95. The van der Waals surface area contributed by atoms with Gasteiger partial charge in [-0.3, -0.25) is 9.59 Å². The highest BCUT2D eigenvalue weighted by atomic mass is 16.5. The molecular weight excluding hydrogens is 270 g/mol. The van der Waals surface area contributed by atoms with E-state index >= 15 is 0 Å². The van der Waals surface area contributed by atoms with Gasteiger partial charge in [0.1, 0.15) is 0 Å². The Bertz CT molecular complexity index is 343. The third kappa shape index (κ3) is 6.04. The highest BCUT2D eigenvalue weighted by Crippen LogP contribution is 2.29. The summed E-state index contributed by atoms with van der Waals surface area (Å²) in [4.78, 5) is 23.2. The molecule has 1 saturated carbocycles. The fraction of sp³-hybridized carbons (Fsp3) is 0.875. The van der Waals surface area contributed by atoms with Crippen molar-refractivity contribution in [2.75, 3.05) is 13.2 Å². The standard InChI is InChI=1S/C16H29NO4/c1-4-21-14(11(2)3)8-9-17-15(18)12-6-5-7-13(10-12)16(19)20/h11-14H,4-10H2,1-3H3,(H,17,18)(H,19,20). The molecule has 0 radical (unpaired) electrons. The summed E-state index contributed by atoms with van der Waals surface area (Å²) in [6, 6.07) is 0. The zero-order valence-electron chi connectivity index (χ0n) is 13.4. The Kier molecular flexibility index (Phi) is 7.72. The summed E-state index contributed by atoms with van der Waals surface area (Å²) in [5.41, 5.74) is 0. The number of carbonyl (C=O) groups is 2. The van der Waals surface area contributed by atoms with Gasteiger partial charge in [-0.1, -0.05) is 20.3 Å². The van der Waals surface area contributed by atoms with Gasteiger partial charge in [0, 0.05) is 19.1 Å². The molecule has 21 heavy (non-hydrogen) atoms. The molecule has 0 bridgehead atoms. The van der Waals surface area contributed by atoms with Crippen molar-refractivity contribution in [3.05, 3.63) is 0 Å². The van der Waals surface area contributed by atoms with Gasteiger partial charge in [0.2, 0.25) is 5.91 Å². The second kappa shape index (κ2) is 9.03. The van der Waals surface area contributed by atoms with Crippen molar-refractivity contribution >= 4 is 11.9 Å².